The van der Waals surface area contributed by atoms with Crippen molar-refractivity contribution in [3.05, 3.63) is 34.1 Å². The molecule has 0 amide bonds. The van der Waals surface area contributed by atoms with Crippen molar-refractivity contribution in [1.82, 2.24) is 0 Å². The summed E-state index contributed by atoms with van der Waals surface area (Å²) in [6.07, 6.45) is 0. The maximum Gasteiger partial charge on any atom is 0.379 e. The van der Waals surface area contributed by atoms with Gasteiger partial charge in [0.05, 0.1) is 11.1 Å². The van der Waals surface area contributed by atoms with Crippen molar-refractivity contribution < 1.29 is 22.7 Å². The van der Waals surface area contributed by atoms with E-state index in [0.29, 0.717) is 0 Å². The minimum absolute atomic E-state index is 0.123. The van der Waals surface area contributed by atoms with E-state index in [-0.39, 0.29) is 16.6 Å². The summed E-state index contributed by atoms with van der Waals surface area (Å²) >= 11 is 2.89. The summed E-state index contributed by atoms with van der Waals surface area (Å²) in [6, 6.07) is 1.35. The van der Waals surface area contributed by atoms with Gasteiger partial charge < -0.3 is 10.5 Å². The molecule has 0 heterocycles. The van der Waals surface area contributed by atoms with Crippen LogP contribution in [0.2, 0.25) is 0 Å². The van der Waals surface area contributed by atoms with Gasteiger partial charge in [-0.3, -0.25) is 0 Å². The first-order valence-electron chi connectivity index (χ1n) is 5.06. The summed E-state index contributed by atoms with van der Waals surface area (Å²) in [7, 11) is 0. The molecule has 3 nitrogen and oxygen atoms in total. The van der Waals surface area contributed by atoms with Gasteiger partial charge in [-0.1, -0.05) is 6.07 Å². The van der Waals surface area contributed by atoms with Gasteiger partial charge in [-0.15, -0.1) is 0 Å². The van der Waals surface area contributed by atoms with Crippen molar-refractivity contribution in [2.75, 3.05) is 6.61 Å². The summed E-state index contributed by atoms with van der Waals surface area (Å²) in [6.45, 7) is 1.22. The summed E-state index contributed by atoms with van der Waals surface area (Å²) in [4.78, 5) is 11.1. The lowest BCUT2D eigenvalue weighted by atomic mass is 10.0. The molecule has 0 bridgehead atoms. The molecule has 1 aromatic carbocycles. The molecule has 1 rings (SSSR count). The zero-order valence-corrected chi connectivity index (χ0v) is 11.0. The molecule has 0 radical (unpaired) electrons. The van der Waals surface area contributed by atoms with Crippen LogP contribution in [0.15, 0.2) is 22.7 Å². The third kappa shape index (κ3) is 3.02. The Morgan fingerprint density at radius 2 is 2.17 bits per heavy atom. The fraction of sp³-hybridized carbons (Fsp3) is 0.364. The smallest absolute Gasteiger partial charge is 0.379 e. The second-order valence-corrected chi connectivity index (χ2v) is 4.35. The van der Waals surface area contributed by atoms with E-state index in [4.69, 9.17) is 5.73 Å². The second-order valence-electron chi connectivity index (χ2n) is 3.49. The van der Waals surface area contributed by atoms with Crippen molar-refractivity contribution in [2.24, 2.45) is 5.73 Å². The summed E-state index contributed by atoms with van der Waals surface area (Å²) in [5.41, 5.74) is 5.10. The Kier molecular flexibility index (Phi) is 4.75. The molecule has 18 heavy (non-hydrogen) atoms. The lowest BCUT2D eigenvalue weighted by Gasteiger charge is -2.21. The van der Waals surface area contributed by atoms with Crippen LogP contribution in [0.4, 0.5) is 13.2 Å². The largest absolute Gasteiger partial charge is 0.462 e. The number of hydrogen-bond donors (Lipinski definition) is 1. The van der Waals surface area contributed by atoms with Crippen LogP contribution in [0.5, 0.6) is 0 Å². The van der Waals surface area contributed by atoms with Gasteiger partial charge in [0.15, 0.2) is 0 Å². The van der Waals surface area contributed by atoms with Gasteiger partial charge in [0, 0.05) is 0 Å². The molecule has 0 unspecified atom stereocenters. The van der Waals surface area contributed by atoms with E-state index in [1.54, 1.807) is 0 Å². The highest BCUT2D eigenvalue weighted by Crippen LogP contribution is 2.32. The normalized spacial score (nSPS) is 13.2. The maximum atomic E-state index is 13.6. The number of hydrogen-bond acceptors (Lipinski definition) is 3. The Labute approximate surface area is 110 Å². The predicted molar refractivity (Wildman–Crippen MR) is 62.6 cm³/mol. The Morgan fingerprint density at radius 3 is 2.67 bits per heavy atom. The van der Waals surface area contributed by atoms with E-state index >= 15 is 0 Å². The van der Waals surface area contributed by atoms with Crippen LogP contribution in [0, 0.1) is 5.82 Å². The summed E-state index contributed by atoms with van der Waals surface area (Å²) in [5.74, 6) is -6.36. The van der Waals surface area contributed by atoms with Crippen LogP contribution in [-0.2, 0) is 9.53 Å². The monoisotopic (exact) mass is 325 g/mol. The molecule has 0 saturated carbocycles. The lowest BCUT2D eigenvalue weighted by Crippen LogP contribution is -2.41. The van der Waals surface area contributed by atoms with Gasteiger partial charge in [0.1, 0.15) is 11.9 Å². The molecule has 1 atom stereocenters. The molecule has 0 saturated heterocycles. The van der Waals surface area contributed by atoms with Crippen molar-refractivity contribution in [3.63, 3.8) is 0 Å². The quantitative estimate of drug-likeness (QED) is 0.866. The molecule has 7 heteroatoms. The highest BCUT2D eigenvalue weighted by Gasteiger charge is 2.47. The number of esters is 1. The molecule has 0 aromatic heterocycles. The molecule has 0 aliphatic rings. The maximum absolute atomic E-state index is 13.6. The number of halogens is 4. The number of nitrogens with two attached hydrogens (primary N) is 1. The Morgan fingerprint density at radius 1 is 1.56 bits per heavy atom. The average molecular weight is 326 g/mol. The van der Waals surface area contributed by atoms with Crippen LogP contribution >= 0.6 is 15.9 Å². The first-order valence-corrected chi connectivity index (χ1v) is 5.85. The van der Waals surface area contributed by atoms with Crippen molar-refractivity contribution in [2.45, 2.75) is 18.9 Å². The molecule has 0 aliphatic heterocycles. The third-order valence-electron chi connectivity index (χ3n) is 2.24. The Hall–Kier alpha value is -1.08. The minimum Gasteiger partial charge on any atom is -0.462 e. The zero-order chi connectivity index (χ0) is 13.9. The highest BCUT2D eigenvalue weighted by atomic mass is 79.9. The lowest BCUT2D eigenvalue weighted by molar-refractivity contribution is -0.174. The van der Waals surface area contributed by atoms with Crippen LogP contribution < -0.4 is 5.73 Å². The number of alkyl halides is 2. The molecular weight excluding hydrogens is 315 g/mol. The first kappa shape index (κ1) is 15.0. The second kappa shape index (κ2) is 5.71. The molecule has 2 N–H and O–H groups in total. The van der Waals surface area contributed by atoms with Crippen LogP contribution in [-0.4, -0.2) is 18.5 Å². The van der Waals surface area contributed by atoms with E-state index < -0.39 is 23.8 Å². The average Bonchev–Trinajstić information content (AvgIpc) is 2.32. The number of carbonyl (C=O) groups excluding carboxylic acids is 1. The van der Waals surface area contributed by atoms with Crippen molar-refractivity contribution in [3.8, 4) is 0 Å². The molecule has 100 valence electrons. The van der Waals surface area contributed by atoms with Crippen molar-refractivity contribution >= 4 is 21.9 Å². The highest BCUT2D eigenvalue weighted by molar-refractivity contribution is 9.10. The molecule has 0 fully saturated rings. The van der Waals surface area contributed by atoms with Gasteiger partial charge in [-0.05, 0) is 40.5 Å². The summed E-state index contributed by atoms with van der Waals surface area (Å²) in [5, 5.41) is 0. The topological polar surface area (TPSA) is 52.3 Å². The van der Waals surface area contributed by atoms with Gasteiger partial charge in [0.2, 0.25) is 0 Å². The molecule has 1 aromatic rings. The third-order valence-corrected chi connectivity index (χ3v) is 2.88. The van der Waals surface area contributed by atoms with Crippen LogP contribution in [0.1, 0.15) is 18.5 Å². The molecule has 0 aliphatic carbocycles. The number of carbonyl (C=O) groups is 1. The Bertz CT molecular complexity index is 454. The van der Waals surface area contributed by atoms with E-state index in [1.807, 2.05) is 0 Å². The van der Waals surface area contributed by atoms with E-state index in [2.05, 4.69) is 20.7 Å². The summed E-state index contributed by atoms with van der Waals surface area (Å²) < 4.78 is 44.7. The zero-order valence-electron chi connectivity index (χ0n) is 9.42. The molecular formula is C11H11BrF3NO2. The van der Waals surface area contributed by atoms with Gasteiger partial charge in [0.25, 0.3) is 0 Å². The fourth-order valence-corrected chi connectivity index (χ4v) is 1.52. The standard InChI is InChI=1S/C11H11BrF3NO2/c1-2-18-10(17)11(14,15)9(16)6-3-4-7(12)8(13)5-6/h3-5,9H,2,16H2,1H3/t9-/m1/s1. The van der Waals surface area contributed by atoms with E-state index in [0.717, 1.165) is 6.07 Å². The van der Waals surface area contributed by atoms with Crippen molar-refractivity contribution in [1.29, 1.82) is 0 Å². The van der Waals surface area contributed by atoms with E-state index in [9.17, 15) is 18.0 Å². The van der Waals surface area contributed by atoms with Gasteiger partial charge in [-0.2, -0.15) is 8.78 Å². The number of ether oxygens (including phenoxy) is 1. The molecule has 0 spiro atoms. The number of rotatable bonds is 4. The first-order chi connectivity index (χ1) is 8.30. The number of benzene rings is 1. The fourth-order valence-electron chi connectivity index (χ4n) is 1.27. The SMILES string of the molecule is CCOC(=O)C(F)(F)[C@H](N)c1ccc(Br)c(F)c1. The van der Waals surface area contributed by atoms with Crippen LogP contribution in [0.3, 0.4) is 0 Å². The minimum atomic E-state index is -3.91. The van der Waals surface area contributed by atoms with Crippen LogP contribution in [0.25, 0.3) is 0 Å². The predicted octanol–water partition coefficient (Wildman–Crippen LogP) is 2.79. The van der Waals surface area contributed by atoms with Gasteiger partial charge >= 0.3 is 11.9 Å². The Balaban J connectivity index is 3.01. The van der Waals surface area contributed by atoms with E-state index in [1.165, 1.54) is 19.1 Å². The van der Waals surface area contributed by atoms with Gasteiger partial charge in [-0.25, -0.2) is 9.18 Å².